The van der Waals surface area contributed by atoms with Crippen molar-refractivity contribution in [1.29, 1.82) is 0 Å². The molecule has 16 fully saturated rings. The number of fused-ring (bicyclic) bond motifs is 4. The Morgan fingerprint density at radius 2 is 0.229 bits per heavy atom. The molecule has 0 unspecified atom stereocenters. The zero-order chi connectivity index (χ0) is 96.6. The third kappa shape index (κ3) is 28.9. The maximum atomic E-state index is 5.61. The van der Waals surface area contributed by atoms with E-state index in [0.29, 0.717) is 0 Å². The predicted octanol–water partition coefficient (Wildman–Crippen LogP) is 46.1. The molecule has 0 spiro atoms. The summed E-state index contributed by atoms with van der Waals surface area (Å²) in [5.41, 5.74) is 22.3. The van der Waals surface area contributed by atoms with Crippen LogP contribution >= 0.6 is 135 Å². The van der Waals surface area contributed by atoms with Gasteiger partial charge in [0.25, 0.3) is 0 Å². The van der Waals surface area contributed by atoms with Crippen LogP contribution in [0.15, 0.2) is 97.1 Å². The fourth-order valence-corrected chi connectivity index (χ4v) is 138. The standard InChI is InChI=1S/4C31H48NP3S/c4*1-5-15-25(16-6-1)33(26-17-7-2-8-18-26)35(31-32-29-23-13-14-24-30(29)36-31)34(27-19-9-3-10-20-27)28-21-11-4-12-22-28/h4*13-14,23-28H,1-12,15-22H2. The lowest BCUT2D eigenvalue weighted by molar-refractivity contribution is 0.487. The Balaban J connectivity index is 0.000000113. The Hall–Kier alpha value is 1.60. The van der Waals surface area contributed by atoms with Crippen molar-refractivity contribution in [3.63, 3.8) is 0 Å². The monoisotopic (exact) mass is 2240 g/mol. The Morgan fingerprint density at radius 3 is 0.326 bits per heavy atom. The van der Waals surface area contributed by atoms with Crippen LogP contribution in [0.5, 0.6) is 0 Å². The van der Waals surface area contributed by atoms with Crippen molar-refractivity contribution in [3.8, 4) is 0 Å². The third-order valence-corrected chi connectivity index (χ3v) is 120. The van der Waals surface area contributed by atoms with Crippen LogP contribution in [0.25, 0.3) is 40.9 Å². The molecule has 16 aliphatic carbocycles. The van der Waals surface area contributed by atoms with Gasteiger partial charge >= 0.3 is 0 Å². The first-order valence-corrected chi connectivity index (χ1v) is 88.5. The van der Waals surface area contributed by atoms with E-state index >= 15 is 0 Å². The normalized spacial score (nSPS) is 24.4. The summed E-state index contributed by atoms with van der Waals surface area (Å²) >= 11 is 8.67. The minimum absolute atomic E-state index is 0.0790. The van der Waals surface area contributed by atoms with Crippen molar-refractivity contribution in [2.75, 3.05) is 0 Å². The number of benzene rings is 4. The summed E-state index contributed by atoms with van der Waals surface area (Å²) in [6, 6.07) is 36.7. The molecule has 24 rings (SSSR count). The summed E-state index contributed by atoms with van der Waals surface area (Å²) in [6.07, 6.45) is 123. The van der Waals surface area contributed by atoms with Crippen molar-refractivity contribution in [2.24, 2.45) is 0 Å². The lowest BCUT2D eigenvalue weighted by Gasteiger charge is -2.50. The van der Waals surface area contributed by atoms with E-state index in [1.807, 2.05) is 0 Å². The molecular weight excluding hydrogens is 2050 g/mol. The molecule has 4 aromatic heterocycles. The highest BCUT2D eigenvalue weighted by molar-refractivity contribution is 8.66. The van der Waals surface area contributed by atoms with E-state index in [-0.39, 0.29) is 90.1 Å². The average Bonchev–Trinajstić information content (AvgIpc) is 1.47. The molecule has 0 atom stereocenters. The van der Waals surface area contributed by atoms with Crippen molar-refractivity contribution < 1.29 is 0 Å². The molecule has 20 heteroatoms. The summed E-state index contributed by atoms with van der Waals surface area (Å²) in [4.78, 5) is 22.5. The molecule has 4 nitrogen and oxygen atoms in total. The first-order chi connectivity index (χ1) is 71.5. The molecule has 0 aliphatic heterocycles. The predicted molar refractivity (Wildman–Crippen MR) is 670 cm³/mol. The molecule has 792 valence electrons. The number of hydrogen-bond acceptors (Lipinski definition) is 8. The van der Waals surface area contributed by atoms with Gasteiger partial charge in [0.05, 0.1) is 40.9 Å². The van der Waals surface area contributed by atoms with Crippen LogP contribution in [0.3, 0.4) is 0 Å². The highest BCUT2D eigenvalue weighted by Crippen LogP contribution is 2.98. The van der Waals surface area contributed by atoms with Crippen molar-refractivity contribution in [3.05, 3.63) is 97.1 Å². The third-order valence-electron chi connectivity index (χ3n) is 38.7. The van der Waals surface area contributed by atoms with Gasteiger partial charge in [0.1, 0.15) is 19.0 Å². The quantitative estimate of drug-likeness (QED) is 0.0459. The van der Waals surface area contributed by atoms with Crippen molar-refractivity contribution >= 4 is 195 Å². The Morgan fingerprint density at radius 1 is 0.132 bits per heavy atom. The van der Waals surface area contributed by atoms with Gasteiger partial charge in [-0.15, -0.1) is 45.3 Å². The maximum Gasteiger partial charge on any atom is 0.125 e. The van der Waals surface area contributed by atoms with E-state index in [2.05, 4.69) is 142 Å². The van der Waals surface area contributed by atoms with Gasteiger partial charge < -0.3 is 0 Å². The molecule has 8 aromatic rings. The van der Waals surface area contributed by atoms with Gasteiger partial charge in [-0.3, -0.25) is 0 Å². The molecule has 16 aliphatic rings. The SMILES string of the molecule is c1ccc2sc(P(P(C3CCCCC3)C3CCCCC3)P(C3CCCCC3)C3CCCCC3)nc2c1.c1ccc2sc(P(P(C3CCCCC3)C3CCCCC3)P(C3CCCCC3)C3CCCCC3)nc2c1.c1ccc2sc(P(P(C3CCCCC3)C3CCCCC3)P(C3CCCCC3)C3CCCCC3)nc2c1.c1ccc2sc(P(P(C3CCCCC3)C3CCCCC3)P(C3CCCCC3)C3CCCCC3)nc2c1. The summed E-state index contributed by atoms with van der Waals surface area (Å²) in [5.74, 6) is 0. The molecular formula is C124H192N4P12S4. The van der Waals surface area contributed by atoms with Gasteiger partial charge in [0, 0.05) is 29.2 Å². The van der Waals surface area contributed by atoms with Gasteiger partial charge in [-0.25, -0.2) is 19.9 Å². The number of aromatic nitrogens is 4. The second kappa shape index (κ2) is 58.6. The van der Waals surface area contributed by atoms with Gasteiger partial charge in [0.2, 0.25) is 0 Å². The first-order valence-electron chi connectivity index (χ1n) is 62.4. The second-order valence-corrected chi connectivity index (χ2v) is 100. The summed E-state index contributed by atoms with van der Waals surface area (Å²) in [7, 11) is 0.297. The maximum absolute atomic E-state index is 5.61. The molecule has 144 heavy (non-hydrogen) atoms. The highest BCUT2D eigenvalue weighted by atomic mass is 32.5. The topological polar surface area (TPSA) is 51.6 Å². The van der Waals surface area contributed by atoms with E-state index < -0.39 is 0 Å². The second-order valence-electron chi connectivity index (χ2n) is 48.7. The van der Waals surface area contributed by atoms with E-state index in [1.165, 1.54) is 349 Å². The molecule has 0 N–H and O–H groups in total. The molecule has 4 aromatic carbocycles. The average molecular weight is 2240 g/mol. The summed E-state index contributed by atoms with van der Waals surface area (Å²) < 4.78 is 12.7. The Kier molecular flexibility index (Phi) is 45.2. The zero-order valence-electron chi connectivity index (χ0n) is 89.8. The largest absolute Gasteiger partial charge is 0.236 e. The minimum Gasteiger partial charge on any atom is -0.236 e. The molecule has 0 amide bonds. The Labute approximate surface area is 908 Å². The molecule has 0 saturated heterocycles. The number of thiazole rings is 4. The van der Waals surface area contributed by atoms with Gasteiger partial charge in [-0.2, -0.15) is 0 Å². The van der Waals surface area contributed by atoms with Crippen LogP contribution < -0.4 is 19.0 Å². The van der Waals surface area contributed by atoms with E-state index in [9.17, 15) is 0 Å². The van der Waals surface area contributed by atoms with Crippen molar-refractivity contribution in [1.82, 2.24) is 19.9 Å². The smallest absolute Gasteiger partial charge is 0.125 e. The number of rotatable bonds is 28. The van der Waals surface area contributed by atoms with Gasteiger partial charge in [-0.05, 0) is 345 Å². The van der Waals surface area contributed by atoms with E-state index in [1.54, 1.807) is 224 Å². The van der Waals surface area contributed by atoms with Gasteiger partial charge in [-0.1, -0.05) is 418 Å². The number of para-hydroxylation sites is 4. The lowest BCUT2D eigenvalue weighted by atomic mass is 10.00. The minimum atomic E-state index is -0.0838. The first kappa shape index (κ1) is 111. The number of nitrogens with zero attached hydrogens (tertiary/aromatic N) is 4. The molecule has 4 heterocycles. The van der Waals surface area contributed by atoms with Gasteiger partial charge in [0.15, 0.2) is 0 Å². The molecule has 0 bridgehead atoms. The fraction of sp³-hybridized carbons (Fsp3) is 0.774. The summed E-state index contributed by atoms with van der Waals surface area (Å²) in [5, 5.41) is 0. The van der Waals surface area contributed by atoms with Crippen LogP contribution in [-0.4, -0.2) is 110 Å². The van der Waals surface area contributed by atoms with Crippen LogP contribution in [0, 0.1) is 0 Å². The van der Waals surface area contributed by atoms with Crippen LogP contribution in [0.4, 0.5) is 0 Å². The zero-order valence-corrected chi connectivity index (χ0v) is 104. The van der Waals surface area contributed by atoms with Crippen LogP contribution in [0.2, 0.25) is 0 Å². The molecule has 0 radical (unpaired) electrons. The Bertz CT molecular complexity index is 3930. The van der Waals surface area contributed by atoms with Crippen molar-refractivity contribution in [2.45, 2.75) is 604 Å². The lowest BCUT2D eigenvalue weighted by Crippen LogP contribution is -2.25. The van der Waals surface area contributed by atoms with E-state index in [0.717, 1.165) is 90.5 Å². The highest BCUT2D eigenvalue weighted by Gasteiger charge is 2.54. The molecule has 16 saturated carbocycles. The summed E-state index contributed by atoms with van der Waals surface area (Å²) in [6.45, 7) is 0. The fourth-order valence-electron chi connectivity index (χ4n) is 31.4. The van der Waals surface area contributed by atoms with Crippen LogP contribution in [-0.2, 0) is 0 Å². The number of hydrogen-bond donors (Lipinski definition) is 0. The van der Waals surface area contributed by atoms with Crippen LogP contribution in [0.1, 0.15) is 514 Å². The van der Waals surface area contributed by atoms with E-state index in [4.69, 9.17) is 19.9 Å².